The van der Waals surface area contributed by atoms with Crippen molar-refractivity contribution in [2.75, 3.05) is 20.2 Å². The first-order chi connectivity index (χ1) is 9.90. The lowest BCUT2D eigenvalue weighted by Crippen LogP contribution is -2.36. The Bertz CT molecular complexity index is 485. The first-order valence-corrected chi connectivity index (χ1v) is 6.85. The van der Waals surface area contributed by atoms with E-state index in [1.54, 1.807) is 0 Å². The monoisotopic (exact) mass is 301 g/mol. The molecule has 0 amide bonds. The van der Waals surface area contributed by atoms with Gasteiger partial charge in [-0.05, 0) is 42.5 Å². The maximum absolute atomic E-state index is 12.5. The lowest BCUT2D eigenvalue weighted by molar-refractivity contribution is -0.142. The second kappa shape index (κ2) is 6.47. The number of halogens is 3. The highest BCUT2D eigenvalue weighted by molar-refractivity contribution is 5.69. The molecule has 0 aliphatic carbocycles. The molecule has 1 aliphatic rings. The van der Waals surface area contributed by atoms with Gasteiger partial charge >= 0.3 is 12.1 Å². The molecule has 116 valence electrons. The van der Waals surface area contributed by atoms with Gasteiger partial charge in [0.25, 0.3) is 0 Å². The Morgan fingerprint density at radius 1 is 1.29 bits per heavy atom. The predicted molar refractivity (Wildman–Crippen MR) is 71.8 cm³/mol. The van der Waals surface area contributed by atoms with Crippen LogP contribution < -0.4 is 5.32 Å². The molecule has 1 heterocycles. The van der Waals surface area contributed by atoms with Crippen molar-refractivity contribution in [3.63, 3.8) is 0 Å². The molecule has 0 saturated carbocycles. The SMILES string of the molecule is COC(=O)C[C@@H]1CNC[C@@H](c2ccc(C(F)(F)F)cc2)C1. The highest BCUT2D eigenvalue weighted by Gasteiger charge is 2.31. The van der Waals surface area contributed by atoms with Crippen molar-refractivity contribution < 1.29 is 22.7 Å². The Kier molecular flexibility index (Phi) is 4.88. The number of rotatable bonds is 3. The Balaban J connectivity index is 2.02. The number of hydrogen-bond acceptors (Lipinski definition) is 3. The fourth-order valence-electron chi connectivity index (χ4n) is 2.70. The van der Waals surface area contributed by atoms with Crippen molar-refractivity contribution in [2.45, 2.75) is 24.9 Å². The van der Waals surface area contributed by atoms with Crippen molar-refractivity contribution in [1.29, 1.82) is 0 Å². The first-order valence-electron chi connectivity index (χ1n) is 6.85. The summed E-state index contributed by atoms with van der Waals surface area (Å²) in [5, 5.41) is 3.23. The molecular weight excluding hydrogens is 283 g/mol. The van der Waals surface area contributed by atoms with Crippen molar-refractivity contribution >= 4 is 5.97 Å². The van der Waals surface area contributed by atoms with E-state index in [0.29, 0.717) is 13.0 Å². The second-order valence-electron chi connectivity index (χ2n) is 5.36. The minimum atomic E-state index is -4.31. The van der Waals surface area contributed by atoms with Crippen LogP contribution in [0.15, 0.2) is 24.3 Å². The van der Waals surface area contributed by atoms with Crippen LogP contribution in [0.5, 0.6) is 0 Å². The molecule has 1 fully saturated rings. The first kappa shape index (κ1) is 15.8. The number of nitrogens with one attached hydrogen (secondary N) is 1. The fraction of sp³-hybridized carbons (Fsp3) is 0.533. The maximum atomic E-state index is 12.5. The van der Waals surface area contributed by atoms with Crippen LogP contribution in [0.1, 0.15) is 29.9 Å². The van der Waals surface area contributed by atoms with Crippen molar-refractivity contribution in [2.24, 2.45) is 5.92 Å². The van der Waals surface area contributed by atoms with Gasteiger partial charge in [0.1, 0.15) is 0 Å². The van der Waals surface area contributed by atoms with E-state index in [4.69, 9.17) is 0 Å². The van der Waals surface area contributed by atoms with Gasteiger partial charge in [0.2, 0.25) is 0 Å². The molecule has 2 atom stereocenters. The third kappa shape index (κ3) is 4.20. The number of esters is 1. The highest BCUT2D eigenvalue weighted by atomic mass is 19.4. The third-order valence-corrected chi connectivity index (χ3v) is 3.83. The van der Waals surface area contributed by atoms with Gasteiger partial charge in [-0.15, -0.1) is 0 Å². The number of ether oxygens (including phenoxy) is 1. The van der Waals surface area contributed by atoms with Gasteiger partial charge in [0.05, 0.1) is 12.7 Å². The summed E-state index contributed by atoms with van der Waals surface area (Å²) >= 11 is 0. The van der Waals surface area contributed by atoms with Crippen molar-refractivity contribution in [3.8, 4) is 0 Å². The zero-order valence-corrected chi connectivity index (χ0v) is 11.7. The van der Waals surface area contributed by atoms with Gasteiger partial charge in [-0.25, -0.2) is 0 Å². The minimum absolute atomic E-state index is 0.121. The van der Waals surface area contributed by atoms with E-state index < -0.39 is 11.7 Å². The number of carbonyl (C=O) groups is 1. The number of hydrogen-bond donors (Lipinski definition) is 1. The fourth-order valence-corrected chi connectivity index (χ4v) is 2.70. The lowest BCUT2D eigenvalue weighted by Gasteiger charge is -2.30. The van der Waals surface area contributed by atoms with Crippen LogP contribution in [-0.2, 0) is 15.7 Å². The number of carbonyl (C=O) groups excluding carboxylic acids is 1. The van der Waals surface area contributed by atoms with E-state index in [9.17, 15) is 18.0 Å². The lowest BCUT2D eigenvalue weighted by atomic mass is 9.84. The number of alkyl halides is 3. The molecule has 1 N–H and O–H groups in total. The summed E-state index contributed by atoms with van der Waals surface area (Å²) in [5.41, 5.74) is 0.228. The van der Waals surface area contributed by atoms with Gasteiger partial charge in [0.15, 0.2) is 0 Å². The van der Waals surface area contributed by atoms with Crippen molar-refractivity contribution in [1.82, 2.24) is 5.32 Å². The summed E-state index contributed by atoms with van der Waals surface area (Å²) in [6.07, 6.45) is -3.20. The van der Waals surface area contributed by atoms with Crippen molar-refractivity contribution in [3.05, 3.63) is 35.4 Å². The molecule has 0 spiro atoms. The zero-order chi connectivity index (χ0) is 15.5. The second-order valence-corrected chi connectivity index (χ2v) is 5.36. The quantitative estimate of drug-likeness (QED) is 0.872. The average molecular weight is 301 g/mol. The molecule has 1 aliphatic heterocycles. The zero-order valence-electron chi connectivity index (χ0n) is 11.7. The maximum Gasteiger partial charge on any atom is 0.416 e. The van der Waals surface area contributed by atoms with E-state index in [0.717, 1.165) is 30.7 Å². The van der Waals surface area contributed by atoms with Crippen LogP contribution >= 0.6 is 0 Å². The van der Waals surface area contributed by atoms with Gasteiger partial charge < -0.3 is 10.1 Å². The van der Waals surface area contributed by atoms with Gasteiger partial charge in [-0.2, -0.15) is 13.2 Å². The number of methoxy groups -OCH3 is 1. The van der Waals surface area contributed by atoms with Crippen LogP contribution in [0.3, 0.4) is 0 Å². The molecule has 0 radical (unpaired) electrons. The summed E-state index contributed by atoms with van der Waals surface area (Å²) < 4.78 is 42.3. The third-order valence-electron chi connectivity index (χ3n) is 3.83. The van der Waals surface area contributed by atoms with Gasteiger partial charge in [0, 0.05) is 13.0 Å². The summed E-state index contributed by atoms with van der Waals surface area (Å²) in [5.74, 6) is 0.0176. The van der Waals surface area contributed by atoms with E-state index in [2.05, 4.69) is 10.1 Å². The van der Waals surface area contributed by atoms with Gasteiger partial charge in [-0.1, -0.05) is 12.1 Å². The van der Waals surface area contributed by atoms with E-state index in [-0.39, 0.29) is 17.8 Å². The summed E-state index contributed by atoms with van der Waals surface area (Å²) in [6, 6.07) is 5.27. The molecule has 2 rings (SSSR count). The van der Waals surface area contributed by atoms with Gasteiger partial charge in [-0.3, -0.25) is 4.79 Å². The molecular formula is C15H18F3NO2. The Labute approximate surface area is 121 Å². The molecule has 1 aromatic rings. The van der Waals surface area contributed by atoms with E-state index in [1.165, 1.54) is 19.2 Å². The van der Waals surface area contributed by atoms with Crippen LogP contribution in [0.25, 0.3) is 0 Å². The van der Waals surface area contributed by atoms with Crippen LogP contribution in [-0.4, -0.2) is 26.2 Å². The summed E-state index contributed by atoms with van der Waals surface area (Å²) in [7, 11) is 1.35. The minimum Gasteiger partial charge on any atom is -0.469 e. The Morgan fingerprint density at radius 3 is 2.52 bits per heavy atom. The average Bonchev–Trinajstić information content (AvgIpc) is 2.46. The Hall–Kier alpha value is -1.56. The standard InChI is InChI=1S/C15H18F3NO2/c1-21-14(20)7-10-6-12(9-19-8-10)11-2-4-13(5-3-11)15(16,17)18/h2-5,10,12,19H,6-9H2,1H3/t10-,12+/m1/s1. The predicted octanol–water partition coefficient (Wildman–Crippen LogP) is 2.96. The molecule has 0 unspecified atom stereocenters. The molecule has 21 heavy (non-hydrogen) atoms. The number of piperidine rings is 1. The molecule has 1 saturated heterocycles. The normalized spacial score (nSPS) is 22.9. The van der Waals surface area contributed by atoms with E-state index >= 15 is 0 Å². The Morgan fingerprint density at radius 2 is 1.95 bits per heavy atom. The molecule has 0 aromatic heterocycles. The van der Waals surface area contributed by atoms with Crippen LogP contribution in [0.4, 0.5) is 13.2 Å². The smallest absolute Gasteiger partial charge is 0.416 e. The van der Waals surface area contributed by atoms with Crippen LogP contribution in [0.2, 0.25) is 0 Å². The molecule has 3 nitrogen and oxygen atoms in total. The molecule has 0 bridgehead atoms. The molecule has 1 aromatic carbocycles. The van der Waals surface area contributed by atoms with Crippen LogP contribution in [0, 0.1) is 5.92 Å². The summed E-state index contributed by atoms with van der Waals surface area (Å²) in [6.45, 7) is 1.44. The molecule has 6 heteroatoms. The largest absolute Gasteiger partial charge is 0.469 e. The highest BCUT2D eigenvalue weighted by Crippen LogP contribution is 2.32. The summed E-state index contributed by atoms with van der Waals surface area (Å²) in [4.78, 5) is 11.3. The topological polar surface area (TPSA) is 38.3 Å². The van der Waals surface area contributed by atoms with E-state index in [1.807, 2.05) is 0 Å². The number of benzene rings is 1.